The fourth-order valence-corrected chi connectivity index (χ4v) is 4.12. The first-order valence-electron chi connectivity index (χ1n) is 7.91. The molecule has 0 unspecified atom stereocenters. The minimum absolute atomic E-state index is 0.108. The summed E-state index contributed by atoms with van der Waals surface area (Å²) in [6.45, 7) is 3.81. The molecule has 128 valence electrons. The van der Waals surface area contributed by atoms with E-state index in [1.54, 1.807) is 36.3 Å². The van der Waals surface area contributed by atoms with Crippen LogP contribution in [0.5, 0.6) is 5.75 Å². The van der Waals surface area contributed by atoms with Gasteiger partial charge in [0.15, 0.2) is 0 Å². The highest BCUT2D eigenvalue weighted by atomic mass is 32.2. The lowest BCUT2D eigenvalue weighted by Crippen LogP contribution is -2.37. The molecule has 1 aromatic rings. The molecule has 1 heterocycles. The van der Waals surface area contributed by atoms with E-state index in [0.29, 0.717) is 44.8 Å². The van der Waals surface area contributed by atoms with Gasteiger partial charge >= 0.3 is 0 Å². The molecule has 1 fully saturated rings. The fraction of sp³-hybridized carbons (Fsp3) is 0.562. The number of rotatable bonds is 5. The molecule has 6 nitrogen and oxygen atoms in total. The van der Waals surface area contributed by atoms with Crippen LogP contribution in [0.2, 0.25) is 0 Å². The number of sulfonamides is 1. The van der Waals surface area contributed by atoms with E-state index >= 15 is 0 Å². The second-order valence-electron chi connectivity index (χ2n) is 5.56. The van der Waals surface area contributed by atoms with Crippen LogP contribution in [0, 0.1) is 0 Å². The molecular formula is C16H24N2O4S. The van der Waals surface area contributed by atoms with Crippen LogP contribution in [-0.2, 0) is 14.8 Å². The fourth-order valence-electron chi connectivity index (χ4n) is 2.65. The molecule has 0 N–H and O–H groups in total. The van der Waals surface area contributed by atoms with Crippen molar-refractivity contribution in [2.45, 2.75) is 31.1 Å². The summed E-state index contributed by atoms with van der Waals surface area (Å²) in [5.41, 5.74) is 0. The monoisotopic (exact) mass is 340 g/mol. The van der Waals surface area contributed by atoms with Crippen molar-refractivity contribution in [1.82, 2.24) is 9.21 Å². The molecule has 1 saturated heterocycles. The Kier molecular flexibility index (Phi) is 6.01. The van der Waals surface area contributed by atoms with Crippen molar-refractivity contribution in [2.24, 2.45) is 0 Å². The largest absolute Gasteiger partial charge is 0.497 e. The van der Waals surface area contributed by atoms with Crippen molar-refractivity contribution in [1.29, 1.82) is 0 Å². The second-order valence-corrected chi connectivity index (χ2v) is 7.50. The van der Waals surface area contributed by atoms with E-state index in [4.69, 9.17) is 4.74 Å². The number of hydrogen-bond acceptors (Lipinski definition) is 4. The molecule has 0 saturated carbocycles. The number of carbonyl (C=O) groups is 1. The molecule has 1 amide bonds. The predicted molar refractivity (Wildman–Crippen MR) is 87.9 cm³/mol. The lowest BCUT2D eigenvalue weighted by molar-refractivity contribution is -0.131. The topological polar surface area (TPSA) is 66.9 Å². The Hall–Kier alpha value is -1.60. The molecule has 0 spiro atoms. The zero-order valence-corrected chi connectivity index (χ0v) is 14.5. The normalized spacial score (nSPS) is 16.9. The smallest absolute Gasteiger partial charge is 0.243 e. The van der Waals surface area contributed by atoms with Gasteiger partial charge < -0.3 is 9.64 Å². The Morgan fingerprint density at radius 2 is 1.83 bits per heavy atom. The molecule has 1 aliphatic rings. The lowest BCUT2D eigenvalue weighted by atomic mass is 10.3. The molecule has 0 radical (unpaired) electrons. The molecule has 0 aromatic heterocycles. The van der Waals surface area contributed by atoms with E-state index in [0.717, 1.165) is 6.42 Å². The summed E-state index contributed by atoms with van der Waals surface area (Å²) in [7, 11) is -1.99. The van der Waals surface area contributed by atoms with E-state index < -0.39 is 10.0 Å². The SMILES string of the molecule is CCCC(=O)N1CCCN(S(=O)(=O)c2ccc(OC)cc2)CC1. The summed E-state index contributed by atoms with van der Waals surface area (Å²) in [4.78, 5) is 14.0. The van der Waals surface area contributed by atoms with Crippen molar-refractivity contribution in [3.8, 4) is 5.75 Å². The summed E-state index contributed by atoms with van der Waals surface area (Å²) >= 11 is 0. The molecule has 0 atom stereocenters. The highest BCUT2D eigenvalue weighted by molar-refractivity contribution is 7.89. The van der Waals surface area contributed by atoms with Crippen LogP contribution < -0.4 is 4.74 Å². The molecule has 0 aliphatic carbocycles. The van der Waals surface area contributed by atoms with Gasteiger partial charge in [-0.2, -0.15) is 4.31 Å². The van der Waals surface area contributed by atoms with Crippen molar-refractivity contribution in [3.63, 3.8) is 0 Å². The van der Waals surface area contributed by atoms with E-state index in [1.165, 1.54) is 4.31 Å². The number of nitrogens with zero attached hydrogens (tertiary/aromatic N) is 2. The van der Waals surface area contributed by atoms with Gasteiger partial charge in [-0.3, -0.25) is 4.79 Å². The van der Waals surface area contributed by atoms with Crippen LogP contribution in [0.1, 0.15) is 26.2 Å². The standard InChI is InChI=1S/C16H24N2O4S/c1-3-5-16(19)17-10-4-11-18(13-12-17)23(20,21)15-8-6-14(22-2)7-9-15/h6-9H,3-5,10-13H2,1-2H3. The molecule has 2 rings (SSSR count). The minimum Gasteiger partial charge on any atom is -0.497 e. The van der Waals surface area contributed by atoms with Gasteiger partial charge in [-0.15, -0.1) is 0 Å². The van der Waals surface area contributed by atoms with Gasteiger partial charge in [0.2, 0.25) is 15.9 Å². The van der Waals surface area contributed by atoms with Gasteiger partial charge in [0, 0.05) is 32.6 Å². The quantitative estimate of drug-likeness (QED) is 0.818. The number of methoxy groups -OCH3 is 1. The summed E-state index contributed by atoms with van der Waals surface area (Å²) in [6, 6.07) is 6.39. The first kappa shape index (κ1) is 17.7. The third kappa shape index (κ3) is 4.23. The highest BCUT2D eigenvalue weighted by Crippen LogP contribution is 2.20. The molecule has 1 aliphatic heterocycles. The maximum atomic E-state index is 12.7. The van der Waals surface area contributed by atoms with E-state index in [2.05, 4.69) is 0 Å². The lowest BCUT2D eigenvalue weighted by Gasteiger charge is -2.22. The van der Waals surface area contributed by atoms with Gasteiger partial charge in [0.25, 0.3) is 0 Å². The third-order valence-corrected chi connectivity index (χ3v) is 5.88. The number of hydrogen-bond donors (Lipinski definition) is 0. The first-order valence-corrected chi connectivity index (χ1v) is 9.35. The van der Waals surface area contributed by atoms with Crippen LogP contribution in [0.25, 0.3) is 0 Å². The summed E-state index contributed by atoms with van der Waals surface area (Å²) in [5, 5.41) is 0. The van der Waals surface area contributed by atoms with Crippen molar-refractivity contribution < 1.29 is 17.9 Å². The molecule has 23 heavy (non-hydrogen) atoms. The average molecular weight is 340 g/mol. The van der Waals surface area contributed by atoms with Crippen LogP contribution in [0.3, 0.4) is 0 Å². The number of benzene rings is 1. The second kappa shape index (κ2) is 7.79. The molecule has 0 bridgehead atoms. The Labute approximate surface area is 138 Å². The van der Waals surface area contributed by atoms with Crippen molar-refractivity contribution >= 4 is 15.9 Å². The van der Waals surface area contributed by atoms with Crippen molar-refractivity contribution in [3.05, 3.63) is 24.3 Å². The zero-order chi connectivity index (χ0) is 16.9. The van der Waals surface area contributed by atoms with Gasteiger partial charge in [0.1, 0.15) is 5.75 Å². The van der Waals surface area contributed by atoms with Gasteiger partial charge in [-0.1, -0.05) is 6.92 Å². The summed E-state index contributed by atoms with van der Waals surface area (Å²) in [5.74, 6) is 0.729. The highest BCUT2D eigenvalue weighted by Gasteiger charge is 2.27. The van der Waals surface area contributed by atoms with Gasteiger partial charge in [0.05, 0.1) is 12.0 Å². The summed E-state index contributed by atoms with van der Waals surface area (Å²) in [6.07, 6.45) is 1.99. The molecule has 7 heteroatoms. The maximum Gasteiger partial charge on any atom is 0.243 e. The average Bonchev–Trinajstić information content (AvgIpc) is 2.82. The van der Waals surface area contributed by atoms with Gasteiger partial charge in [-0.05, 0) is 37.1 Å². The maximum absolute atomic E-state index is 12.7. The van der Waals surface area contributed by atoms with E-state index in [9.17, 15) is 13.2 Å². The van der Waals surface area contributed by atoms with Gasteiger partial charge in [-0.25, -0.2) is 8.42 Å². The Morgan fingerprint density at radius 3 is 2.43 bits per heavy atom. The van der Waals surface area contributed by atoms with Crippen molar-refractivity contribution in [2.75, 3.05) is 33.3 Å². The molecular weight excluding hydrogens is 316 g/mol. The van der Waals surface area contributed by atoms with Crippen LogP contribution in [-0.4, -0.2) is 56.8 Å². The zero-order valence-electron chi connectivity index (χ0n) is 13.7. The van der Waals surface area contributed by atoms with Crippen LogP contribution in [0.4, 0.5) is 0 Å². The Balaban J connectivity index is 2.09. The number of ether oxygens (including phenoxy) is 1. The predicted octanol–water partition coefficient (Wildman–Crippen LogP) is 1.72. The third-order valence-electron chi connectivity index (χ3n) is 3.97. The Morgan fingerprint density at radius 1 is 1.13 bits per heavy atom. The van der Waals surface area contributed by atoms with Crippen LogP contribution >= 0.6 is 0 Å². The first-order chi connectivity index (χ1) is 11.0. The van der Waals surface area contributed by atoms with E-state index in [1.807, 2.05) is 6.92 Å². The number of amides is 1. The Bertz CT molecular complexity index is 628. The summed E-state index contributed by atoms with van der Waals surface area (Å²) < 4.78 is 32.0. The van der Waals surface area contributed by atoms with E-state index in [-0.39, 0.29) is 10.8 Å². The molecule has 1 aromatic carbocycles. The number of carbonyl (C=O) groups excluding carboxylic acids is 1. The van der Waals surface area contributed by atoms with Crippen LogP contribution in [0.15, 0.2) is 29.2 Å². The minimum atomic E-state index is -3.53.